The van der Waals surface area contributed by atoms with Crippen LogP contribution in [0, 0.1) is 24.6 Å². The van der Waals surface area contributed by atoms with E-state index in [1.165, 1.54) is 18.2 Å². The van der Waals surface area contributed by atoms with E-state index in [1.54, 1.807) is 6.92 Å². The van der Waals surface area contributed by atoms with Crippen molar-refractivity contribution in [1.82, 2.24) is 0 Å². The van der Waals surface area contributed by atoms with Gasteiger partial charge in [0.2, 0.25) is 0 Å². The summed E-state index contributed by atoms with van der Waals surface area (Å²) in [6.45, 7) is 1.56. The van der Waals surface area contributed by atoms with Gasteiger partial charge in [-0.2, -0.15) is 13.2 Å². The Morgan fingerprint density at radius 1 is 1.15 bits per heavy atom. The van der Waals surface area contributed by atoms with E-state index in [1.807, 2.05) is 0 Å². The molecule has 0 aromatic heterocycles. The number of aryl methyl sites for hydroxylation is 1. The van der Waals surface area contributed by atoms with Crippen LogP contribution in [0.4, 0.5) is 17.6 Å². The Labute approximate surface area is 115 Å². The van der Waals surface area contributed by atoms with Crippen molar-refractivity contribution in [2.45, 2.75) is 38.8 Å². The SMILES string of the molecule is Cc1cc(C(=O)C2CCC(C(F)(F)F)CC2)ccc1F. The standard InChI is InChI=1S/C15H16F4O/c1-9-8-11(4-7-13(9)16)14(20)10-2-5-12(6-3-10)15(17,18)19/h4,7-8,10,12H,2-3,5-6H2,1H3. The second-order valence-electron chi connectivity index (χ2n) is 5.42. The Morgan fingerprint density at radius 2 is 1.75 bits per heavy atom. The van der Waals surface area contributed by atoms with Gasteiger partial charge in [-0.1, -0.05) is 0 Å². The number of alkyl halides is 3. The smallest absolute Gasteiger partial charge is 0.294 e. The highest BCUT2D eigenvalue weighted by molar-refractivity contribution is 5.98. The van der Waals surface area contributed by atoms with Crippen LogP contribution >= 0.6 is 0 Å². The molecule has 1 nitrogen and oxygen atoms in total. The molecule has 20 heavy (non-hydrogen) atoms. The normalized spacial score (nSPS) is 23.6. The van der Waals surface area contributed by atoms with Crippen LogP contribution in [0.25, 0.3) is 0 Å². The van der Waals surface area contributed by atoms with Crippen LogP contribution in [0.15, 0.2) is 18.2 Å². The molecule has 0 amide bonds. The summed E-state index contributed by atoms with van der Waals surface area (Å²) in [5.74, 6) is -2.23. The number of benzene rings is 1. The first kappa shape index (κ1) is 15.0. The molecule has 0 bridgehead atoms. The quantitative estimate of drug-likeness (QED) is 0.570. The van der Waals surface area contributed by atoms with Crippen LogP contribution in [0.5, 0.6) is 0 Å². The molecule has 0 unspecified atom stereocenters. The van der Waals surface area contributed by atoms with Crippen LogP contribution < -0.4 is 0 Å². The molecular weight excluding hydrogens is 272 g/mol. The van der Waals surface area contributed by atoms with Gasteiger partial charge >= 0.3 is 6.18 Å². The highest BCUT2D eigenvalue weighted by Crippen LogP contribution is 2.40. The van der Waals surface area contributed by atoms with Gasteiger partial charge in [0.1, 0.15) is 5.82 Å². The molecule has 1 saturated carbocycles. The van der Waals surface area contributed by atoms with Gasteiger partial charge in [0.05, 0.1) is 5.92 Å². The Bertz CT molecular complexity index is 499. The topological polar surface area (TPSA) is 17.1 Å². The average molecular weight is 288 g/mol. The van der Waals surface area contributed by atoms with Gasteiger partial charge in [-0.05, 0) is 56.4 Å². The summed E-state index contributed by atoms with van der Waals surface area (Å²) in [5, 5.41) is 0. The van der Waals surface area contributed by atoms with Crippen molar-refractivity contribution in [3.05, 3.63) is 35.1 Å². The van der Waals surface area contributed by atoms with E-state index in [4.69, 9.17) is 0 Å². The summed E-state index contributed by atoms with van der Waals surface area (Å²) >= 11 is 0. The molecule has 0 aliphatic heterocycles. The maximum atomic E-state index is 13.2. The van der Waals surface area contributed by atoms with Crippen molar-refractivity contribution in [1.29, 1.82) is 0 Å². The number of Topliss-reactive ketones (excluding diaryl/α,β-unsaturated/α-hetero) is 1. The molecule has 2 rings (SSSR count). The number of hydrogen-bond acceptors (Lipinski definition) is 1. The largest absolute Gasteiger partial charge is 0.391 e. The van der Waals surface area contributed by atoms with Crippen molar-refractivity contribution in [2.75, 3.05) is 0 Å². The van der Waals surface area contributed by atoms with Gasteiger partial charge < -0.3 is 0 Å². The van der Waals surface area contributed by atoms with E-state index in [2.05, 4.69) is 0 Å². The second-order valence-corrected chi connectivity index (χ2v) is 5.42. The first-order chi connectivity index (χ1) is 9.29. The average Bonchev–Trinajstić information content (AvgIpc) is 2.40. The molecule has 1 aromatic rings. The third kappa shape index (κ3) is 3.19. The molecule has 110 valence electrons. The minimum atomic E-state index is -4.17. The van der Waals surface area contributed by atoms with Crippen LogP contribution in [0.3, 0.4) is 0 Å². The molecule has 0 radical (unpaired) electrons. The molecule has 1 aliphatic carbocycles. The minimum absolute atomic E-state index is 0.0000828. The highest BCUT2D eigenvalue weighted by atomic mass is 19.4. The maximum absolute atomic E-state index is 13.2. The Morgan fingerprint density at radius 3 is 2.25 bits per heavy atom. The minimum Gasteiger partial charge on any atom is -0.294 e. The number of ketones is 1. The Balaban J connectivity index is 2.03. The van der Waals surface area contributed by atoms with E-state index in [0.29, 0.717) is 11.1 Å². The molecule has 1 fully saturated rings. The summed E-state index contributed by atoms with van der Waals surface area (Å²) in [6.07, 6.45) is -3.67. The summed E-state index contributed by atoms with van der Waals surface area (Å²) < 4.78 is 50.8. The highest BCUT2D eigenvalue weighted by Gasteiger charge is 2.42. The molecule has 0 atom stereocenters. The molecular formula is C15H16F4O. The zero-order valence-corrected chi connectivity index (χ0v) is 11.1. The fourth-order valence-corrected chi connectivity index (χ4v) is 2.72. The lowest BCUT2D eigenvalue weighted by Crippen LogP contribution is -2.30. The van der Waals surface area contributed by atoms with Crippen molar-refractivity contribution < 1.29 is 22.4 Å². The molecule has 0 spiro atoms. The zero-order chi connectivity index (χ0) is 14.9. The van der Waals surface area contributed by atoms with Crippen LogP contribution in [0.2, 0.25) is 0 Å². The second kappa shape index (κ2) is 5.54. The third-order valence-electron chi connectivity index (χ3n) is 4.00. The zero-order valence-electron chi connectivity index (χ0n) is 11.1. The molecule has 1 aromatic carbocycles. The maximum Gasteiger partial charge on any atom is 0.391 e. The first-order valence-corrected chi connectivity index (χ1v) is 6.66. The van der Waals surface area contributed by atoms with Gasteiger partial charge in [-0.3, -0.25) is 4.79 Å². The fourth-order valence-electron chi connectivity index (χ4n) is 2.72. The summed E-state index contributed by atoms with van der Waals surface area (Å²) in [6, 6.07) is 4.10. The summed E-state index contributed by atoms with van der Waals surface area (Å²) in [5.41, 5.74) is 0.763. The van der Waals surface area contributed by atoms with E-state index in [-0.39, 0.29) is 43.2 Å². The van der Waals surface area contributed by atoms with E-state index >= 15 is 0 Å². The van der Waals surface area contributed by atoms with Crippen molar-refractivity contribution in [3.8, 4) is 0 Å². The monoisotopic (exact) mass is 288 g/mol. The number of hydrogen-bond donors (Lipinski definition) is 0. The third-order valence-corrected chi connectivity index (χ3v) is 4.00. The summed E-state index contributed by atoms with van der Waals surface area (Å²) in [7, 11) is 0. The van der Waals surface area contributed by atoms with Gasteiger partial charge in [-0.25, -0.2) is 4.39 Å². The lowest BCUT2D eigenvalue weighted by molar-refractivity contribution is -0.183. The number of carbonyl (C=O) groups excluding carboxylic acids is 1. The summed E-state index contributed by atoms with van der Waals surface area (Å²) in [4.78, 5) is 12.2. The fraction of sp³-hybridized carbons (Fsp3) is 0.533. The molecule has 0 N–H and O–H groups in total. The van der Waals surface area contributed by atoms with Crippen LogP contribution in [0.1, 0.15) is 41.6 Å². The molecule has 0 saturated heterocycles. The van der Waals surface area contributed by atoms with Crippen molar-refractivity contribution in [3.63, 3.8) is 0 Å². The number of rotatable bonds is 2. The van der Waals surface area contributed by atoms with E-state index < -0.39 is 12.1 Å². The first-order valence-electron chi connectivity index (χ1n) is 6.66. The Kier molecular flexibility index (Phi) is 4.16. The van der Waals surface area contributed by atoms with Crippen molar-refractivity contribution in [2.24, 2.45) is 11.8 Å². The lowest BCUT2D eigenvalue weighted by atomic mass is 9.78. The molecule has 5 heteroatoms. The molecule has 1 aliphatic rings. The van der Waals surface area contributed by atoms with Gasteiger partial charge in [0.15, 0.2) is 5.78 Å². The van der Waals surface area contributed by atoms with Crippen LogP contribution in [-0.4, -0.2) is 12.0 Å². The Hall–Kier alpha value is -1.39. The van der Waals surface area contributed by atoms with E-state index in [9.17, 15) is 22.4 Å². The van der Waals surface area contributed by atoms with Gasteiger partial charge in [-0.15, -0.1) is 0 Å². The van der Waals surface area contributed by atoms with Crippen LogP contribution in [-0.2, 0) is 0 Å². The predicted molar refractivity (Wildman–Crippen MR) is 67.0 cm³/mol. The lowest BCUT2D eigenvalue weighted by Gasteiger charge is -2.29. The van der Waals surface area contributed by atoms with Gasteiger partial charge in [0, 0.05) is 11.5 Å². The predicted octanol–water partition coefficient (Wildman–Crippen LogP) is 4.69. The number of carbonyl (C=O) groups is 1. The van der Waals surface area contributed by atoms with Gasteiger partial charge in [0.25, 0.3) is 0 Å². The van der Waals surface area contributed by atoms with Crippen molar-refractivity contribution >= 4 is 5.78 Å². The van der Waals surface area contributed by atoms with E-state index in [0.717, 1.165) is 0 Å². The number of halogens is 4. The molecule has 0 heterocycles.